The standard InChI is InChI=1S/C10H15N5/c1-14-7-9(5-12-14)2-3-15-8-10(4-11)6-13-15/h5-8H,2-4,11H2,1H3. The smallest absolute Gasteiger partial charge is 0.0534 e. The third-order valence-electron chi connectivity index (χ3n) is 2.31. The highest BCUT2D eigenvalue weighted by molar-refractivity contribution is 5.05. The van der Waals surface area contributed by atoms with Crippen LogP contribution in [-0.2, 0) is 26.6 Å². The van der Waals surface area contributed by atoms with Crippen molar-refractivity contribution in [2.45, 2.75) is 19.5 Å². The van der Waals surface area contributed by atoms with Crippen molar-refractivity contribution in [2.75, 3.05) is 0 Å². The highest BCUT2D eigenvalue weighted by atomic mass is 15.3. The lowest BCUT2D eigenvalue weighted by Crippen LogP contribution is -2.01. The Labute approximate surface area is 88.5 Å². The van der Waals surface area contributed by atoms with E-state index in [9.17, 15) is 0 Å². The van der Waals surface area contributed by atoms with Crippen LogP contribution in [0.4, 0.5) is 0 Å². The maximum atomic E-state index is 5.51. The molecule has 5 heteroatoms. The molecule has 0 bridgehead atoms. The second-order valence-electron chi connectivity index (χ2n) is 3.59. The van der Waals surface area contributed by atoms with Crippen molar-refractivity contribution >= 4 is 0 Å². The average molecular weight is 205 g/mol. The second-order valence-corrected chi connectivity index (χ2v) is 3.59. The molecule has 0 radical (unpaired) electrons. The van der Waals surface area contributed by atoms with Crippen molar-refractivity contribution in [3.8, 4) is 0 Å². The SMILES string of the molecule is Cn1cc(CCn2cc(CN)cn2)cn1. The van der Waals surface area contributed by atoms with Gasteiger partial charge in [0, 0.05) is 38.1 Å². The van der Waals surface area contributed by atoms with Crippen LogP contribution >= 0.6 is 0 Å². The number of hydrogen-bond donors (Lipinski definition) is 1. The minimum Gasteiger partial charge on any atom is -0.326 e. The Hall–Kier alpha value is -1.62. The number of nitrogens with two attached hydrogens (primary N) is 1. The van der Waals surface area contributed by atoms with Gasteiger partial charge in [-0.2, -0.15) is 10.2 Å². The molecule has 80 valence electrons. The van der Waals surface area contributed by atoms with Crippen molar-refractivity contribution in [2.24, 2.45) is 12.8 Å². The minimum atomic E-state index is 0.549. The topological polar surface area (TPSA) is 61.7 Å². The summed E-state index contributed by atoms with van der Waals surface area (Å²) in [5.74, 6) is 0. The first kappa shape index (κ1) is 9.92. The summed E-state index contributed by atoms with van der Waals surface area (Å²) in [5.41, 5.74) is 7.80. The van der Waals surface area contributed by atoms with Crippen LogP contribution in [-0.4, -0.2) is 19.6 Å². The first-order valence-electron chi connectivity index (χ1n) is 4.97. The maximum absolute atomic E-state index is 5.51. The highest BCUT2D eigenvalue weighted by Crippen LogP contribution is 2.01. The fourth-order valence-electron chi connectivity index (χ4n) is 1.48. The van der Waals surface area contributed by atoms with Crippen LogP contribution in [0.5, 0.6) is 0 Å². The fraction of sp³-hybridized carbons (Fsp3) is 0.400. The lowest BCUT2D eigenvalue weighted by Gasteiger charge is -1.98. The molecule has 0 saturated carbocycles. The van der Waals surface area contributed by atoms with Gasteiger partial charge in [-0.25, -0.2) is 0 Å². The molecule has 0 aliphatic carbocycles. The predicted molar refractivity (Wildman–Crippen MR) is 57.0 cm³/mol. The Morgan fingerprint density at radius 3 is 2.60 bits per heavy atom. The van der Waals surface area contributed by atoms with Crippen molar-refractivity contribution in [1.29, 1.82) is 0 Å². The largest absolute Gasteiger partial charge is 0.326 e. The zero-order valence-electron chi connectivity index (χ0n) is 8.80. The molecule has 15 heavy (non-hydrogen) atoms. The summed E-state index contributed by atoms with van der Waals surface area (Å²) in [4.78, 5) is 0. The van der Waals surface area contributed by atoms with E-state index in [2.05, 4.69) is 10.2 Å². The van der Waals surface area contributed by atoms with E-state index in [4.69, 9.17) is 5.73 Å². The summed E-state index contributed by atoms with van der Waals surface area (Å²) < 4.78 is 3.72. The minimum absolute atomic E-state index is 0.549. The van der Waals surface area contributed by atoms with Crippen LogP contribution in [0.1, 0.15) is 11.1 Å². The molecule has 0 aromatic carbocycles. The second kappa shape index (κ2) is 4.27. The predicted octanol–water partition coefficient (Wildman–Crippen LogP) is 0.318. The highest BCUT2D eigenvalue weighted by Gasteiger charge is 1.99. The molecule has 2 heterocycles. The Bertz CT molecular complexity index is 428. The lowest BCUT2D eigenvalue weighted by atomic mass is 10.2. The lowest BCUT2D eigenvalue weighted by molar-refractivity contribution is 0.614. The van der Waals surface area contributed by atoms with Crippen LogP contribution in [0, 0.1) is 0 Å². The summed E-state index contributed by atoms with van der Waals surface area (Å²) >= 11 is 0. The molecule has 0 fully saturated rings. The summed E-state index contributed by atoms with van der Waals surface area (Å²) in [7, 11) is 1.92. The van der Waals surface area contributed by atoms with E-state index in [1.54, 1.807) is 0 Å². The molecule has 0 aliphatic heterocycles. The van der Waals surface area contributed by atoms with Gasteiger partial charge in [-0.15, -0.1) is 0 Å². The van der Waals surface area contributed by atoms with Crippen LogP contribution in [0.3, 0.4) is 0 Å². The first-order chi connectivity index (χ1) is 7.28. The van der Waals surface area contributed by atoms with Crippen molar-refractivity contribution in [3.63, 3.8) is 0 Å². The normalized spacial score (nSPS) is 10.8. The third-order valence-corrected chi connectivity index (χ3v) is 2.31. The van der Waals surface area contributed by atoms with Gasteiger partial charge in [0.05, 0.1) is 12.4 Å². The van der Waals surface area contributed by atoms with Gasteiger partial charge in [-0.3, -0.25) is 9.36 Å². The molecule has 2 N–H and O–H groups in total. The fourth-order valence-corrected chi connectivity index (χ4v) is 1.48. The Balaban J connectivity index is 1.93. The monoisotopic (exact) mass is 205 g/mol. The molecular weight excluding hydrogens is 190 g/mol. The summed E-state index contributed by atoms with van der Waals surface area (Å²) in [6.45, 7) is 1.42. The quantitative estimate of drug-likeness (QED) is 0.781. The van der Waals surface area contributed by atoms with Gasteiger partial charge in [0.1, 0.15) is 0 Å². The van der Waals surface area contributed by atoms with Gasteiger partial charge in [0.15, 0.2) is 0 Å². The van der Waals surface area contributed by atoms with Gasteiger partial charge >= 0.3 is 0 Å². The van der Waals surface area contributed by atoms with Crippen molar-refractivity contribution in [1.82, 2.24) is 19.6 Å². The molecule has 0 spiro atoms. The zero-order chi connectivity index (χ0) is 10.7. The van der Waals surface area contributed by atoms with Crippen LogP contribution in [0.15, 0.2) is 24.8 Å². The molecule has 0 saturated heterocycles. The molecule has 2 aromatic heterocycles. The molecular formula is C10H15N5. The number of rotatable bonds is 4. The van der Waals surface area contributed by atoms with E-state index in [1.807, 2.05) is 41.2 Å². The van der Waals surface area contributed by atoms with E-state index < -0.39 is 0 Å². The van der Waals surface area contributed by atoms with E-state index in [-0.39, 0.29) is 0 Å². The van der Waals surface area contributed by atoms with Gasteiger partial charge in [0.2, 0.25) is 0 Å². The zero-order valence-corrected chi connectivity index (χ0v) is 8.80. The van der Waals surface area contributed by atoms with Crippen molar-refractivity contribution in [3.05, 3.63) is 35.9 Å². The molecule has 0 aliphatic rings. The summed E-state index contributed by atoms with van der Waals surface area (Å²) in [5, 5.41) is 8.34. The molecule has 0 unspecified atom stereocenters. The van der Waals surface area contributed by atoms with Gasteiger partial charge in [0.25, 0.3) is 0 Å². The van der Waals surface area contributed by atoms with Crippen LogP contribution in [0.2, 0.25) is 0 Å². The number of aromatic nitrogens is 4. The third kappa shape index (κ3) is 2.44. The first-order valence-corrected chi connectivity index (χ1v) is 4.97. The number of hydrogen-bond acceptors (Lipinski definition) is 3. The van der Waals surface area contributed by atoms with E-state index in [1.165, 1.54) is 5.56 Å². The van der Waals surface area contributed by atoms with Gasteiger partial charge < -0.3 is 5.73 Å². The Morgan fingerprint density at radius 1 is 1.20 bits per heavy atom. The van der Waals surface area contributed by atoms with E-state index in [0.29, 0.717) is 6.54 Å². The van der Waals surface area contributed by atoms with Crippen molar-refractivity contribution < 1.29 is 0 Å². The number of nitrogens with zero attached hydrogens (tertiary/aromatic N) is 4. The molecule has 0 amide bonds. The Morgan fingerprint density at radius 2 is 2.00 bits per heavy atom. The Kier molecular flexibility index (Phi) is 2.82. The van der Waals surface area contributed by atoms with E-state index in [0.717, 1.165) is 18.5 Å². The van der Waals surface area contributed by atoms with Crippen LogP contribution < -0.4 is 5.73 Å². The maximum Gasteiger partial charge on any atom is 0.0534 e. The average Bonchev–Trinajstić information content (AvgIpc) is 2.83. The van der Waals surface area contributed by atoms with Gasteiger partial charge in [-0.05, 0) is 12.0 Å². The molecule has 5 nitrogen and oxygen atoms in total. The number of aryl methyl sites for hydroxylation is 3. The molecule has 2 aromatic rings. The summed E-state index contributed by atoms with van der Waals surface area (Å²) in [6, 6.07) is 0. The molecule has 2 rings (SSSR count). The summed E-state index contributed by atoms with van der Waals surface area (Å²) in [6.07, 6.45) is 8.64. The van der Waals surface area contributed by atoms with Crippen LogP contribution in [0.25, 0.3) is 0 Å². The van der Waals surface area contributed by atoms with E-state index >= 15 is 0 Å². The molecule has 0 atom stereocenters. The van der Waals surface area contributed by atoms with Gasteiger partial charge in [-0.1, -0.05) is 0 Å².